The van der Waals surface area contributed by atoms with Crippen molar-refractivity contribution in [2.75, 3.05) is 30.3 Å². The zero-order valence-corrected chi connectivity index (χ0v) is 22.7. The van der Waals surface area contributed by atoms with Gasteiger partial charge in [-0.2, -0.15) is 15.1 Å². The number of aromatic amines is 1. The van der Waals surface area contributed by atoms with Gasteiger partial charge in [0.25, 0.3) is 0 Å². The van der Waals surface area contributed by atoms with Gasteiger partial charge in [-0.15, -0.1) is 0 Å². The molecule has 0 saturated carbocycles. The lowest BCUT2D eigenvalue weighted by Crippen LogP contribution is -2.29. The molecule has 5 heterocycles. The minimum Gasteiger partial charge on any atom is -0.387 e. The molecular weight excluding hydrogens is 536 g/mol. The Morgan fingerprint density at radius 2 is 1.74 bits per heavy atom. The van der Waals surface area contributed by atoms with Gasteiger partial charge in [0.15, 0.2) is 29.0 Å². The minimum atomic E-state index is -1.25. The number of imidazole rings is 1. The molecule has 3 aromatic heterocycles. The number of aliphatic hydroxyl groups excluding tert-OH is 2. The SMILES string of the molecule is O[C@@H]1[C@H](O)[C@@H](c2ncn[nH]2)O[C@H]1n1cnc2c(NCC(c3ccccc3)c3ccccc3)nc(NC3CCNC3)nc21. The van der Waals surface area contributed by atoms with E-state index in [0.717, 1.165) is 19.5 Å². The monoisotopic (exact) mass is 568 g/mol. The lowest BCUT2D eigenvalue weighted by Gasteiger charge is -2.20. The zero-order chi connectivity index (χ0) is 28.5. The molecule has 5 aromatic rings. The highest BCUT2D eigenvalue weighted by molar-refractivity contribution is 5.84. The normalized spacial score (nSPS) is 24.0. The molecule has 5 atom stereocenters. The molecule has 2 saturated heterocycles. The first-order chi connectivity index (χ1) is 20.7. The van der Waals surface area contributed by atoms with E-state index in [1.54, 1.807) is 10.9 Å². The number of nitrogens with zero attached hydrogens (tertiary/aromatic N) is 6. The maximum atomic E-state index is 11.0. The Balaban J connectivity index is 1.24. The van der Waals surface area contributed by atoms with E-state index in [1.807, 2.05) is 36.4 Å². The molecule has 13 heteroatoms. The first kappa shape index (κ1) is 26.5. The van der Waals surface area contributed by atoms with Crippen molar-refractivity contribution in [3.05, 3.63) is 90.3 Å². The maximum Gasteiger partial charge on any atom is 0.227 e. The summed E-state index contributed by atoms with van der Waals surface area (Å²) in [6.07, 6.45) is -0.478. The van der Waals surface area contributed by atoms with Crippen molar-refractivity contribution in [2.24, 2.45) is 0 Å². The number of ether oxygens (including phenoxy) is 1. The van der Waals surface area contributed by atoms with E-state index in [2.05, 4.69) is 60.4 Å². The number of aromatic nitrogens is 7. The highest BCUT2D eigenvalue weighted by Crippen LogP contribution is 2.39. The second-order valence-corrected chi connectivity index (χ2v) is 10.6. The summed E-state index contributed by atoms with van der Waals surface area (Å²) in [6.45, 7) is 2.29. The van der Waals surface area contributed by atoms with Crippen LogP contribution in [0.5, 0.6) is 0 Å². The van der Waals surface area contributed by atoms with Crippen LogP contribution >= 0.6 is 0 Å². The molecule has 2 aliphatic heterocycles. The molecule has 2 aromatic carbocycles. The van der Waals surface area contributed by atoms with Crippen molar-refractivity contribution < 1.29 is 14.9 Å². The van der Waals surface area contributed by atoms with Gasteiger partial charge in [0.05, 0.1) is 6.33 Å². The number of rotatable bonds is 9. The number of hydrogen-bond acceptors (Lipinski definition) is 11. The van der Waals surface area contributed by atoms with Gasteiger partial charge in [-0.1, -0.05) is 60.7 Å². The van der Waals surface area contributed by atoms with Gasteiger partial charge in [0.1, 0.15) is 24.6 Å². The van der Waals surface area contributed by atoms with E-state index in [1.165, 1.54) is 17.5 Å². The Kier molecular flexibility index (Phi) is 7.22. The Hall–Kier alpha value is -4.43. The highest BCUT2D eigenvalue weighted by Gasteiger charge is 2.46. The smallest absolute Gasteiger partial charge is 0.227 e. The van der Waals surface area contributed by atoms with E-state index in [9.17, 15) is 10.2 Å². The van der Waals surface area contributed by atoms with Crippen LogP contribution in [0, 0.1) is 0 Å². The number of H-pyrrole nitrogens is 1. The molecule has 0 amide bonds. The van der Waals surface area contributed by atoms with Gasteiger partial charge in [-0.3, -0.25) is 9.67 Å². The highest BCUT2D eigenvalue weighted by atomic mass is 16.6. The van der Waals surface area contributed by atoms with Crippen LogP contribution in [0.3, 0.4) is 0 Å². The Morgan fingerprint density at radius 3 is 2.40 bits per heavy atom. The second-order valence-electron chi connectivity index (χ2n) is 10.6. The summed E-state index contributed by atoms with van der Waals surface area (Å²) in [5.41, 5.74) is 3.35. The Morgan fingerprint density at radius 1 is 0.976 bits per heavy atom. The number of benzene rings is 2. The molecule has 2 aliphatic rings. The number of aliphatic hydroxyl groups is 2. The van der Waals surface area contributed by atoms with Crippen molar-refractivity contribution in [2.45, 2.75) is 42.9 Å². The van der Waals surface area contributed by atoms with Gasteiger partial charge in [-0.25, -0.2) is 9.97 Å². The van der Waals surface area contributed by atoms with Crippen LogP contribution in [0.1, 0.15) is 41.6 Å². The number of anilines is 2. The van der Waals surface area contributed by atoms with Crippen LogP contribution in [0.25, 0.3) is 11.2 Å². The third-order valence-electron chi connectivity index (χ3n) is 7.91. The Labute approximate surface area is 241 Å². The van der Waals surface area contributed by atoms with E-state index in [-0.39, 0.29) is 12.0 Å². The maximum absolute atomic E-state index is 11.0. The predicted molar refractivity (Wildman–Crippen MR) is 155 cm³/mol. The average molecular weight is 569 g/mol. The number of fused-ring (bicyclic) bond motifs is 1. The fourth-order valence-electron chi connectivity index (χ4n) is 5.72. The fourth-order valence-corrected chi connectivity index (χ4v) is 5.72. The molecule has 13 nitrogen and oxygen atoms in total. The quantitative estimate of drug-likeness (QED) is 0.154. The van der Waals surface area contributed by atoms with E-state index in [0.29, 0.717) is 35.3 Å². The summed E-state index contributed by atoms with van der Waals surface area (Å²) in [7, 11) is 0. The molecular formula is C29H32N10O3. The van der Waals surface area contributed by atoms with Crippen molar-refractivity contribution in [3.8, 4) is 0 Å². The van der Waals surface area contributed by atoms with Gasteiger partial charge in [0.2, 0.25) is 5.95 Å². The van der Waals surface area contributed by atoms with E-state index in [4.69, 9.17) is 14.7 Å². The van der Waals surface area contributed by atoms with Crippen LogP contribution in [-0.4, -0.2) is 82.8 Å². The van der Waals surface area contributed by atoms with Gasteiger partial charge in [0, 0.05) is 25.0 Å². The zero-order valence-electron chi connectivity index (χ0n) is 22.7. The van der Waals surface area contributed by atoms with Crippen molar-refractivity contribution in [3.63, 3.8) is 0 Å². The summed E-state index contributed by atoms with van der Waals surface area (Å²) >= 11 is 0. The minimum absolute atomic E-state index is 0.0627. The van der Waals surface area contributed by atoms with Crippen molar-refractivity contribution in [1.29, 1.82) is 0 Å². The second kappa shape index (κ2) is 11.4. The van der Waals surface area contributed by atoms with Crippen LogP contribution in [-0.2, 0) is 4.74 Å². The lowest BCUT2D eigenvalue weighted by atomic mass is 9.91. The molecule has 7 rings (SSSR count). The van der Waals surface area contributed by atoms with Crippen molar-refractivity contribution >= 4 is 22.9 Å². The molecule has 6 N–H and O–H groups in total. The number of nitrogens with one attached hydrogen (secondary N) is 4. The summed E-state index contributed by atoms with van der Waals surface area (Å²) in [5.74, 6) is 1.39. The fraction of sp³-hybridized carbons (Fsp3) is 0.345. The largest absolute Gasteiger partial charge is 0.387 e. The summed E-state index contributed by atoms with van der Waals surface area (Å²) < 4.78 is 7.72. The number of hydrogen-bond donors (Lipinski definition) is 6. The molecule has 216 valence electrons. The first-order valence-corrected chi connectivity index (χ1v) is 14.1. The van der Waals surface area contributed by atoms with E-state index >= 15 is 0 Å². The summed E-state index contributed by atoms with van der Waals surface area (Å²) in [5, 5.41) is 38.7. The van der Waals surface area contributed by atoms with Gasteiger partial charge < -0.3 is 30.9 Å². The molecule has 0 aliphatic carbocycles. The molecule has 2 fully saturated rings. The van der Waals surface area contributed by atoms with Gasteiger partial charge in [-0.05, 0) is 24.1 Å². The van der Waals surface area contributed by atoms with Crippen LogP contribution in [0.15, 0.2) is 73.3 Å². The van der Waals surface area contributed by atoms with E-state index < -0.39 is 24.5 Å². The molecule has 42 heavy (non-hydrogen) atoms. The molecule has 0 bridgehead atoms. The molecule has 0 spiro atoms. The van der Waals surface area contributed by atoms with Crippen LogP contribution < -0.4 is 16.0 Å². The topological polar surface area (TPSA) is 171 Å². The molecule has 0 radical (unpaired) electrons. The molecule has 1 unspecified atom stereocenters. The third-order valence-corrected chi connectivity index (χ3v) is 7.91. The summed E-state index contributed by atoms with van der Waals surface area (Å²) in [6, 6.07) is 20.9. The van der Waals surface area contributed by atoms with Crippen LogP contribution in [0.2, 0.25) is 0 Å². The average Bonchev–Trinajstić information content (AvgIpc) is 3.84. The third kappa shape index (κ3) is 5.07. The van der Waals surface area contributed by atoms with Crippen LogP contribution in [0.4, 0.5) is 11.8 Å². The summed E-state index contributed by atoms with van der Waals surface area (Å²) in [4.78, 5) is 18.4. The standard InChI is InChI=1S/C29H32N10O3/c40-22-23(41)28(42-24(22)26-32-15-34-38-26)39-16-33-21-25(36-29(37-27(21)39)35-19-11-12-30-13-19)31-14-20(17-7-3-1-4-8-17)18-9-5-2-6-10-18/h1-10,15-16,19-20,22-24,28,30,40-41H,11-14H2,(H,32,34,38)(H2,31,35,36,37)/t19?,22-,23+,24-,28+/m0/s1. The Bertz CT molecular complexity index is 1570. The first-order valence-electron chi connectivity index (χ1n) is 14.1. The van der Waals surface area contributed by atoms with Gasteiger partial charge >= 0.3 is 0 Å². The lowest BCUT2D eigenvalue weighted by molar-refractivity contribution is -0.0382. The predicted octanol–water partition coefficient (Wildman–Crippen LogP) is 1.95. The van der Waals surface area contributed by atoms with Crippen molar-refractivity contribution in [1.82, 2.24) is 40.0 Å².